The van der Waals surface area contributed by atoms with Gasteiger partial charge in [0, 0.05) is 16.4 Å². The molecule has 0 saturated carbocycles. The van der Waals surface area contributed by atoms with Crippen molar-refractivity contribution in [3.05, 3.63) is 28.5 Å². The third-order valence-electron chi connectivity index (χ3n) is 2.39. The molecule has 0 aliphatic carbocycles. The van der Waals surface area contributed by atoms with Crippen LogP contribution in [-0.2, 0) is 16.0 Å². The van der Waals surface area contributed by atoms with Gasteiger partial charge in [0.25, 0.3) is 0 Å². The number of amides is 2. The highest BCUT2D eigenvalue weighted by molar-refractivity contribution is 9.10. The molecule has 1 atom stereocenters. The molecule has 98 valence electrons. The molecule has 1 aromatic heterocycles. The summed E-state index contributed by atoms with van der Waals surface area (Å²) in [6, 6.07) is 2.97. The maximum Gasteiger partial charge on any atom is 0.239 e. The Balaban J connectivity index is 2.54. The summed E-state index contributed by atoms with van der Waals surface area (Å²) in [5.41, 5.74) is 5.86. The summed E-state index contributed by atoms with van der Waals surface area (Å²) in [6.45, 7) is 1.93. The van der Waals surface area contributed by atoms with Crippen LogP contribution in [0.3, 0.4) is 0 Å². The zero-order valence-corrected chi connectivity index (χ0v) is 11.7. The van der Waals surface area contributed by atoms with E-state index < -0.39 is 11.9 Å². The van der Waals surface area contributed by atoms with Gasteiger partial charge in [-0.3, -0.25) is 14.6 Å². The molecule has 1 heterocycles. The van der Waals surface area contributed by atoms with Crippen molar-refractivity contribution in [2.45, 2.75) is 32.2 Å². The highest BCUT2D eigenvalue weighted by Gasteiger charge is 2.17. The molecule has 18 heavy (non-hydrogen) atoms. The molecule has 0 saturated heterocycles. The van der Waals surface area contributed by atoms with Crippen molar-refractivity contribution in [3.8, 4) is 0 Å². The number of halogens is 1. The number of nitrogens with one attached hydrogen (secondary N) is 1. The van der Waals surface area contributed by atoms with E-state index in [4.69, 9.17) is 5.73 Å². The number of nitrogens with zero attached hydrogens (tertiary/aromatic N) is 1. The first kappa shape index (κ1) is 14.6. The molecule has 0 aliphatic rings. The van der Waals surface area contributed by atoms with Crippen LogP contribution in [0, 0.1) is 0 Å². The van der Waals surface area contributed by atoms with E-state index in [0.717, 1.165) is 10.9 Å². The lowest BCUT2D eigenvalue weighted by atomic mass is 10.1. The minimum absolute atomic E-state index is 0.140. The van der Waals surface area contributed by atoms with Gasteiger partial charge in [-0.05, 0) is 34.5 Å². The lowest BCUT2D eigenvalue weighted by Crippen LogP contribution is -2.44. The molecule has 0 spiro atoms. The van der Waals surface area contributed by atoms with Crippen molar-refractivity contribution in [1.82, 2.24) is 10.3 Å². The maximum absolute atomic E-state index is 11.7. The predicted molar refractivity (Wildman–Crippen MR) is 71.7 cm³/mol. The standard InChI is InChI=1S/C12H16BrN3O2/c1-2-3-10(12(14)18)16-11(17)6-9-5-4-8(13)7-15-9/h4-5,7,10H,2-3,6H2,1H3,(H2,14,18)(H,16,17)/t10-/m0/s1. The van der Waals surface area contributed by atoms with Gasteiger partial charge in [0.1, 0.15) is 6.04 Å². The van der Waals surface area contributed by atoms with Crippen molar-refractivity contribution < 1.29 is 9.59 Å². The fourth-order valence-corrected chi connectivity index (χ4v) is 1.73. The van der Waals surface area contributed by atoms with Crippen LogP contribution < -0.4 is 11.1 Å². The highest BCUT2D eigenvalue weighted by Crippen LogP contribution is 2.07. The van der Waals surface area contributed by atoms with Crippen molar-refractivity contribution in [3.63, 3.8) is 0 Å². The van der Waals surface area contributed by atoms with Gasteiger partial charge in [0.15, 0.2) is 0 Å². The minimum Gasteiger partial charge on any atom is -0.368 e. The number of nitrogens with two attached hydrogens (primary N) is 1. The molecule has 0 radical (unpaired) electrons. The molecule has 0 aliphatic heterocycles. The van der Waals surface area contributed by atoms with Crippen molar-refractivity contribution in [2.24, 2.45) is 5.73 Å². The number of aromatic nitrogens is 1. The number of hydrogen-bond acceptors (Lipinski definition) is 3. The van der Waals surface area contributed by atoms with Gasteiger partial charge in [0.2, 0.25) is 11.8 Å². The van der Waals surface area contributed by atoms with Crippen molar-refractivity contribution in [1.29, 1.82) is 0 Å². The highest BCUT2D eigenvalue weighted by atomic mass is 79.9. The van der Waals surface area contributed by atoms with E-state index >= 15 is 0 Å². The topological polar surface area (TPSA) is 85.1 Å². The summed E-state index contributed by atoms with van der Waals surface area (Å²) in [4.78, 5) is 26.9. The maximum atomic E-state index is 11.7. The number of pyridine rings is 1. The summed E-state index contributed by atoms with van der Waals surface area (Å²) in [7, 11) is 0. The predicted octanol–water partition coefficient (Wildman–Crippen LogP) is 1.16. The van der Waals surface area contributed by atoms with E-state index in [1.54, 1.807) is 12.3 Å². The summed E-state index contributed by atoms with van der Waals surface area (Å²) in [5, 5.41) is 2.62. The molecule has 0 unspecified atom stereocenters. The minimum atomic E-state index is -0.599. The Morgan fingerprint density at radius 2 is 2.22 bits per heavy atom. The molecule has 5 nitrogen and oxygen atoms in total. The molecule has 0 fully saturated rings. The van der Waals surface area contributed by atoms with Gasteiger partial charge in [-0.1, -0.05) is 13.3 Å². The molecule has 0 bridgehead atoms. The lowest BCUT2D eigenvalue weighted by Gasteiger charge is -2.14. The van der Waals surface area contributed by atoms with E-state index in [9.17, 15) is 9.59 Å². The lowest BCUT2D eigenvalue weighted by molar-refractivity contribution is -0.127. The van der Waals surface area contributed by atoms with E-state index in [-0.39, 0.29) is 12.3 Å². The molecule has 0 aromatic carbocycles. The third-order valence-corrected chi connectivity index (χ3v) is 2.86. The fourth-order valence-electron chi connectivity index (χ4n) is 1.50. The number of carbonyl (C=O) groups is 2. The van der Waals surface area contributed by atoms with Crippen molar-refractivity contribution in [2.75, 3.05) is 0 Å². The normalized spacial score (nSPS) is 11.9. The van der Waals surface area contributed by atoms with E-state index in [0.29, 0.717) is 12.1 Å². The second-order valence-electron chi connectivity index (χ2n) is 3.96. The molecular weight excluding hydrogens is 298 g/mol. The Morgan fingerprint density at radius 1 is 1.50 bits per heavy atom. The molecular formula is C12H16BrN3O2. The largest absolute Gasteiger partial charge is 0.368 e. The van der Waals surface area contributed by atoms with Gasteiger partial charge in [0.05, 0.1) is 6.42 Å². The Hall–Kier alpha value is -1.43. The Kier molecular flexibility index (Phi) is 5.77. The Bertz CT molecular complexity index is 420. The van der Waals surface area contributed by atoms with Crippen LogP contribution in [0.2, 0.25) is 0 Å². The SMILES string of the molecule is CCC[C@H](NC(=O)Cc1ccc(Br)cn1)C(N)=O. The van der Waals surface area contributed by atoms with Crippen LogP contribution in [0.5, 0.6) is 0 Å². The van der Waals surface area contributed by atoms with Crippen LogP contribution >= 0.6 is 15.9 Å². The summed E-state index contributed by atoms with van der Waals surface area (Å²) >= 11 is 3.27. The van der Waals surface area contributed by atoms with Gasteiger partial charge >= 0.3 is 0 Å². The molecule has 1 aromatic rings. The van der Waals surface area contributed by atoms with Crippen LogP contribution in [0.15, 0.2) is 22.8 Å². The quantitative estimate of drug-likeness (QED) is 0.826. The first-order valence-corrected chi connectivity index (χ1v) is 6.51. The second kappa shape index (κ2) is 7.10. The zero-order valence-electron chi connectivity index (χ0n) is 10.1. The fraction of sp³-hybridized carbons (Fsp3) is 0.417. The average Bonchev–Trinajstić information content (AvgIpc) is 2.31. The van der Waals surface area contributed by atoms with Gasteiger partial charge in [-0.15, -0.1) is 0 Å². The van der Waals surface area contributed by atoms with Gasteiger partial charge in [-0.2, -0.15) is 0 Å². The molecule has 6 heteroatoms. The van der Waals surface area contributed by atoms with Gasteiger partial charge in [-0.25, -0.2) is 0 Å². The molecule has 2 amide bonds. The first-order chi connectivity index (χ1) is 8.52. The molecule has 1 rings (SSSR count). The second-order valence-corrected chi connectivity index (χ2v) is 4.87. The monoisotopic (exact) mass is 313 g/mol. The van der Waals surface area contributed by atoms with E-state index in [1.807, 2.05) is 13.0 Å². The number of primary amides is 1. The summed E-state index contributed by atoms with van der Waals surface area (Å²) < 4.78 is 0.854. The van der Waals surface area contributed by atoms with Crippen molar-refractivity contribution >= 4 is 27.7 Å². The Morgan fingerprint density at radius 3 is 2.72 bits per heavy atom. The Labute approximate surface area is 114 Å². The zero-order chi connectivity index (χ0) is 13.5. The summed E-state index contributed by atoms with van der Waals surface area (Å²) in [6.07, 6.45) is 3.10. The van der Waals surface area contributed by atoms with E-state index in [1.165, 1.54) is 0 Å². The average molecular weight is 314 g/mol. The molecule has 3 N–H and O–H groups in total. The van der Waals surface area contributed by atoms with Crippen LogP contribution in [-0.4, -0.2) is 22.8 Å². The first-order valence-electron chi connectivity index (χ1n) is 5.72. The number of rotatable bonds is 6. The third kappa shape index (κ3) is 4.83. The van der Waals surface area contributed by atoms with Crippen LogP contribution in [0.1, 0.15) is 25.5 Å². The van der Waals surface area contributed by atoms with Crippen LogP contribution in [0.25, 0.3) is 0 Å². The smallest absolute Gasteiger partial charge is 0.239 e. The summed E-state index contributed by atoms with van der Waals surface area (Å²) in [5.74, 6) is -0.754. The van der Waals surface area contributed by atoms with E-state index in [2.05, 4.69) is 26.2 Å². The van der Waals surface area contributed by atoms with Crippen LogP contribution in [0.4, 0.5) is 0 Å². The number of hydrogen-bond donors (Lipinski definition) is 2. The number of carbonyl (C=O) groups excluding carboxylic acids is 2. The van der Waals surface area contributed by atoms with Gasteiger partial charge < -0.3 is 11.1 Å².